The van der Waals surface area contributed by atoms with Gasteiger partial charge in [0.05, 0.1) is 11.1 Å². The normalized spacial score (nSPS) is 12.0. The van der Waals surface area contributed by atoms with Crippen LogP contribution in [0.2, 0.25) is 0 Å². The van der Waals surface area contributed by atoms with Crippen molar-refractivity contribution in [3.05, 3.63) is 108 Å². The van der Waals surface area contributed by atoms with Crippen LogP contribution >= 0.6 is 0 Å². The molecule has 1 nitrogen and oxygen atoms in total. The van der Waals surface area contributed by atoms with Crippen molar-refractivity contribution in [2.45, 2.75) is 12.4 Å². The fraction of sp³-hybridized carbons (Fsp3) is 0.0769. The lowest BCUT2D eigenvalue weighted by Gasteiger charge is -2.15. The van der Waals surface area contributed by atoms with Gasteiger partial charge in [-0.25, -0.2) is 8.78 Å². The maximum atomic E-state index is 14.7. The first-order chi connectivity index (χ1) is 16.4. The molecule has 0 N–H and O–H groups in total. The Kier molecular flexibility index (Phi) is 6.27. The lowest BCUT2D eigenvalue weighted by molar-refractivity contribution is -0.137. The molecule has 4 aromatic rings. The van der Waals surface area contributed by atoms with E-state index in [4.69, 9.17) is 4.74 Å². The first-order valence-electron chi connectivity index (χ1n) is 10.1. The summed E-state index contributed by atoms with van der Waals surface area (Å²) in [4.78, 5) is 0. The second-order valence-electron chi connectivity index (χ2n) is 7.48. The standard InChI is InChI=1S/C26H14F8O/c27-21-13-15(17-5-1-3-7-19(17)25(29,30)31)9-11-23(21)35-24-12-10-16(14-22(24)28)18-6-2-4-8-20(18)26(32,33)34/h1-14H. The molecule has 0 aliphatic carbocycles. The molecule has 0 aliphatic rings. The Bertz CT molecular complexity index is 1270. The molecule has 35 heavy (non-hydrogen) atoms. The summed E-state index contributed by atoms with van der Waals surface area (Å²) in [6.45, 7) is 0. The van der Waals surface area contributed by atoms with Crippen molar-refractivity contribution >= 4 is 0 Å². The maximum absolute atomic E-state index is 14.7. The van der Waals surface area contributed by atoms with Crippen LogP contribution in [-0.4, -0.2) is 0 Å². The summed E-state index contributed by atoms with van der Waals surface area (Å²) in [5.74, 6) is -3.04. The van der Waals surface area contributed by atoms with E-state index in [9.17, 15) is 35.1 Å². The zero-order valence-electron chi connectivity index (χ0n) is 17.5. The van der Waals surface area contributed by atoms with Crippen molar-refractivity contribution in [1.29, 1.82) is 0 Å². The monoisotopic (exact) mass is 494 g/mol. The highest BCUT2D eigenvalue weighted by atomic mass is 19.4. The first kappa shape index (κ1) is 24.3. The lowest BCUT2D eigenvalue weighted by Crippen LogP contribution is -2.07. The Morgan fingerprint density at radius 3 is 1.20 bits per heavy atom. The predicted molar refractivity (Wildman–Crippen MR) is 114 cm³/mol. The third-order valence-electron chi connectivity index (χ3n) is 5.17. The van der Waals surface area contributed by atoms with Gasteiger partial charge < -0.3 is 4.74 Å². The lowest BCUT2D eigenvalue weighted by atomic mass is 9.99. The summed E-state index contributed by atoms with van der Waals surface area (Å²) >= 11 is 0. The van der Waals surface area contributed by atoms with Crippen molar-refractivity contribution in [1.82, 2.24) is 0 Å². The van der Waals surface area contributed by atoms with Crippen LogP contribution in [0.1, 0.15) is 11.1 Å². The van der Waals surface area contributed by atoms with Crippen LogP contribution in [0.5, 0.6) is 11.5 Å². The minimum atomic E-state index is -4.65. The maximum Gasteiger partial charge on any atom is 0.417 e. The van der Waals surface area contributed by atoms with Crippen molar-refractivity contribution in [2.24, 2.45) is 0 Å². The van der Waals surface area contributed by atoms with E-state index in [1.807, 2.05) is 0 Å². The molecule has 180 valence electrons. The van der Waals surface area contributed by atoms with Crippen LogP contribution in [-0.2, 0) is 12.4 Å². The minimum absolute atomic E-state index is 0.0673. The molecular weight excluding hydrogens is 480 g/mol. The zero-order valence-corrected chi connectivity index (χ0v) is 17.5. The van der Waals surface area contributed by atoms with Gasteiger partial charge in [-0.2, -0.15) is 26.3 Å². The Morgan fingerprint density at radius 1 is 0.486 bits per heavy atom. The topological polar surface area (TPSA) is 9.23 Å². The molecule has 0 bridgehead atoms. The van der Waals surface area contributed by atoms with Gasteiger partial charge in [0, 0.05) is 0 Å². The quantitative estimate of drug-likeness (QED) is 0.257. The van der Waals surface area contributed by atoms with Gasteiger partial charge in [0.2, 0.25) is 0 Å². The van der Waals surface area contributed by atoms with E-state index in [1.54, 1.807) is 0 Å². The average Bonchev–Trinajstić information content (AvgIpc) is 2.80. The van der Waals surface area contributed by atoms with Gasteiger partial charge in [-0.3, -0.25) is 0 Å². The number of ether oxygens (including phenoxy) is 1. The Morgan fingerprint density at radius 2 is 0.857 bits per heavy atom. The van der Waals surface area contributed by atoms with E-state index in [2.05, 4.69) is 0 Å². The third kappa shape index (κ3) is 5.13. The molecule has 0 aromatic heterocycles. The van der Waals surface area contributed by atoms with Crippen molar-refractivity contribution in [3.8, 4) is 33.8 Å². The van der Waals surface area contributed by atoms with E-state index in [1.165, 1.54) is 48.5 Å². The molecule has 0 heterocycles. The molecule has 0 saturated carbocycles. The summed E-state index contributed by atoms with van der Waals surface area (Å²) in [6.07, 6.45) is -9.31. The SMILES string of the molecule is Fc1cc(-c2ccccc2C(F)(F)F)ccc1Oc1ccc(-c2ccccc2C(F)(F)F)cc1F. The van der Waals surface area contributed by atoms with E-state index < -0.39 is 46.6 Å². The average molecular weight is 494 g/mol. The van der Waals surface area contributed by atoms with Crippen LogP contribution in [0, 0.1) is 11.6 Å². The molecule has 0 amide bonds. The van der Waals surface area contributed by atoms with Gasteiger partial charge in [0.15, 0.2) is 23.1 Å². The van der Waals surface area contributed by atoms with Crippen molar-refractivity contribution < 1.29 is 39.9 Å². The predicted octanol–water partition coefficient (Wildman–Crippen LogP) is 9.13. The Balaban J connectivity index is 1.64. The van der Waals surface area contributed by atoms with Crippen LogP contribution in [0.3, 0.4) is 0 Å². The highest BCUT2D eigenvalue weighted by Crippen LogP contribution is 2.40. The molecule has 0 saturated heterocycles. The number of hydrogen-bond donors (Lipinski definition) is 0. The smallest absolute Gasteiger partial charge is 0.417 e. The highest BCUT2D eigenvalue weighted by Gasteiger charge is 2.34. The van der Waals surface area contributed by atoms with E-state index in [0.717, 1.165) is 36.4 Å². The molecule has 0 atom stereocenters. The summed E-state index contributed by atoms with van der Waals surface area (Å²) in [5, 5.41) is 0. The van der Waals surface area contributed by atoms with Crippen molar-refractivity contribution in [2.75, 3.05) is 0 Å². The van der Waals surface area contributed by atoms with Crippen LogP contribution in [0.4, 0.5) is 35.1 Å². The minimum Gasteiger partial charge on any atom is -0.451 e. The fourth-order valence-corrected chi connectivity index (χ4v) is 3.58. The van der Waals surface area contributed by atoms with Gasteiger partial charge in [-0.05, 0) is 58.7 Å². The van der Waals surface area contributed by atoms with Crippen LogP contribution in [0.25, 0.3) is 22.3 Å². The number of alkyl halides is 6. The third-order valence-corrected chi connectivity index (χ3v) is 5.17. The molecular formula is C26H14F8O. The van der Waals surface area contributed by atoms with Gasteiger partial charge >= 0.3 is 12.4 Å². The Labute approximate surface area is 194 Å². The number of halogens is 8. The van der Waals surface area contributed by atoms with Gasteiger partial charge in [-0.15, -0.1) is 0 Å². The van der Waals surface area contributed by atoms with E-state index in [-0.39, 0.29) is 22.3 Å². The largest absolute Gasteiger partial charge is 0.451 e. The second kappa shape index (κ2) is 9.05. The molecule has 0 unspecified atom stereocenters. The van der Waals surface area contributed by atoms with E-state index >= 15 is 0 Å². The van der Waals surface area contributed by atoms with Gasteiger partial charge in [0.25, 0.3) is 0 Å². The summed E-state index contributed by atoms with van der Waals surface area (Å²) < 4.78 is 114. The Hall–Kier alpha value is -3.88. The second-order valence-corrected chi connectivity index (χ2v) is 7.48. The first-order valence-corrected chi connectivity index (χ1v) is 10.1. The highest BCUT2D eigenvalue weighted by molar-refractivity contribution is 5.70. The molecule has 9 heteroatoms. The van der Waals surface area contributed by atoms with Gasteiger partial charge in [0.1, 0.15) is 0 Å². The zero-order chi connectivity index (χ0) is 25.4. The molecule has 0 radical (unpaired) electrons. The molecule has 0 spiro atoms. The van der Waals surface area contributed by atoms with Crippen LogP contribution < -0.4 is 4.74 Å². The number of benzene rings is 4. The summed E-state index contributed by atoms with van der Waals surface area (Å²) in [5.41, 5.74) is -2.53. The molecule has 0 aliphatic heterocycles. The van der Waals surface area contributed by atoms with Crippen LogP contribution in [0.15, 0.2) is 84.9 Å². The fourth-order valence-electron chi connectivity index (χ4n) is 3.58. The molecule has 0 fully saturated rings. The number of hydrogen-bond acceptors (Lipinski definition) is 1. The molecule has 4 aromatic carbocycles. The molecule has 4 rings (SSSR count). The van der Waals surface area contributed by atoms with E-state index in [0.29, 0.717) is 0 Å². The summed E-state index contributed by atoms with van der Waals surface area (Å²) in [6, 6.07) is 15.4. The van der Waals surface area contributed by atoms with Crippen molar-refractivity contribution in [3.63, 3.8) is 0 Å². The number of rotatable bonds is 4. The summed E-state index contributed by atoms with van der Waals surface area (Å²) in [7, 11) is 0. The van der Waals surface area contributed by atoms with Gasteiger partial charge in [-0.1, -0.05) is 48.5 Å².